The number of amides is 1. The highest BCUT2D eigenvalue weighted by Gasteiger charge is 2.17. The molecule has 1 amide bonds. The quantitative estimate of drug-likeness (QED) is 0.704. The Morgan fingerprint density at radius 2 is 2.04 bits per heavy atom. The monoisotopic (exact) mass is 380 g/mol. The number of carbonyl (C=O) groups is 1. The van der Waals surface area contributed by atoms with Crippen molar-refractivity contribution in [1.82, 2.24) is 14.5 Å². The molecule has 0 bridgehead atoms. The van der Waals surface area contributed by atoms with Crippen LogP contribution >= 0.6 is 0 Å². The molecule has 0 radical (unpaired) electrons. The number of rotatable bonds is 4. The number of benzene rings is 1. The number of ether oxygens (including phenoxy) is 2. The molecular weight excluding hydrogens is 364 g/mol. The zero-order chi connectivity index (χ0) is 19.7. The molecule has 3 heterocycles. The molecule has 0 saturated carbocycles. The van der Waals surface area contributed by atoms with E-state index >= 15 is 0 Å². The number of hydrogen-bond acceptors (Lipinski definition) is 6. The summed E-state index contributed by atoms with van der Waals surface area (Å²) in [6, 6.07) is 8.58. The molecule has 4 rings (SSSR count). The van der Waals surface area contributed by atoms with Crippen LogP contribution in [0.25, 0.3) is 0 Å². The van der Waals surface area contributed by atoms with E-state index < -0.39 is 17.2 Å². The van der Waals surface area contributed by atoms with Crippen molar-refractivity contribution in [1.29, 1.82) is 0 Å². The number of carbonyl (C=O) groups excluding carboxylic acids is 1. The van der Waals surface area contributed by atoms with Gasteiger partial charge in [-0.15, -0.1) is 0 Å². The van der Waals surface area contributed by atoms with E-state index in [-0.39, 0.29) is 18.9 Å². The first kappa shape index (κ1) is 17.5. The van der Waals surface area contributed by atoms with E-state index in [9.17, 15) is 14.4 Å². The first-order chi connectivity index (χ1) is 13.5. The lowest BCUT2D eigenvalue weighted by Gasteiger charge is -2.09. The van der Waals surface area contributed by atoms with Crippen LogP contribution < -0.4 is 26.0 Å². The number of anilines is 1. The van der Waals surface area contributed by atoms with E-state index in [1.165, 1.54) is 0 Å². The molecule has 9 heteroatoms. The normalized spacial score (nSPS) is 12.0. The average molecular weight is 380 g/mol. The number of pyridine rings is 1. The Labute approximate surface area is 158 Å². The lowest BCUT2D eigenvalue weighted by Crippen LogP contribution is -2.39. The van der Waals surface area contributed by atoms with E-state index in [1.54, 1.807) is 36.5 Å². The van der Waals surface area contributed by atoms with Gasteiger partial charge in [-0.25, -0.2) is 9.78 Å². The van der Waals surface area contributed by atoms with Gasteiger partial charge in [-0.3, -0.25) is 14.2 Å². The molecule has 1 aliphatic rings. The van der Waals surface area contributed by atoms with Crippen LogP contribution in [-0.2, 0) is 6.54 Å². The van der Waals surface area contributed by atoms with Gasteiger partial charge in [-0.2, -0.15) is 0 Å². The number of aryl methyl sites for hydroxylation is 1. The fourth-order valence-electron chi connectivity index (χ4n) is 2.83. The maximum atomic E-state index is 12.7. The van der Waals surface area contributed by atoms with Gasteiger partial charge in [0.1, 0.15) is 11.4 Å². The van der Waals surface area contributed by atoms with Crippen molar-refractivity contribution in [2.75, 3.05) is 12.1 Å². The van der Waals surface area contributed by atoms with E-state index in [0.717, 1.165) is 16.3 Å². The predicted molar refractivity (Wildman–Crippen MR) is 99.9 cm³/mol. The summed E-state index contributed by atoms with van der Waals surface area (Å²) in [4.78, 5) is 43.9. The molecule has 2 aromatic heterocycles. The van der Waals surface area contributed by atoms with Crippen LogP contribution in [0.3, 0.4) is 0 Å². The van der Waals surface area contributed by atoms with Crippen molar-refractivity contribution >= 4 is 11.7 Å². The van der Waals surface area contributed by atoms with Crippen molar-refractivity contribution < 1.29 is 14.3 Å². The Hall–Kier alpha value is -3.88. The third kappa shape index (κ3) is 3.37. The van der Waals surface area contributed by atoms with Crippen LogP contribution in [0, 0.1) is 6.92 Å². The largest absolute Gasteiger partial charge is 0.454 e. The second-order valence-electron chi connectivity index (χ2n) is 6.26. The lowest BCUT2D eigenvalue weighted by atomic mass is 10.2. The van der Waals surface area contributed by atoms with Crippen LogP contribution in [0.1, 0.15) is 21.5 Å². The van der Waals surface area contributed by atoms with Gasteiger partial charge in [0.2, 0.25) is 6.79 Å². The van der Waals surface area contributed by atoms with Gasteiger partial charge in [-0.05, 0) is 42.3 Å². The second kappa shape index (κ2) is 7.03. The van der Waals surface area contributed by atoms with E-state index in [0.29, 0.717) is 22.9 Å². The zero-order valence-corrected chi connectivity index (χ0v) is 14.9. The van der Waals surface area contributed by atoms with Gasteiger partial charge in [0, 0.05) is 12.4 Å². The number of fused-ring (bicyclic) bond motifs is 1. The molecule has 0 unspecified atom stereocenters. The molecule has 1 aliphatic heterocycles. The molecular formula is C19H16N4O5. The summed E-state index contributed by atoms with van der Waals surface area (Å²) in [6.45, 7) is 1.96. The van der Waals surface area contributed by atoms with E-state index in [2.05, 4.69) is 15.3 Å². The van der Waals surface area contributed by atoms with Crippen LogP contribution in [0.5, 0.6) is 11.5 Å². The van der Waals surface area contributed by atoms with Crippen LogP contribution in [-0.4, -0.2) is 27.2 Å². The van der Waals surface area contributed by atoms with Gasteiger partial charge in [0.05, 0.1) is 6.54 Å². The SMILES string of the molecule is Cc1ccnc(NC(=O)c2c[nH]c(=O)n(Cc3ccc4c(c3)OCO4)c2=O)c1. The summed E-state index contributed by atoms with van der Waals surface area (Å²) in [7, 11) is 0. The number of hydrogen-bond donors (Lipinski definition) is 2. The zero-order valence-electron chi connectivity index (χ0n) is 14.9. The Kier molecular flexibility index (Phi) is 4.40. The van der Waals surface area contributed by atoms with Gasteiger partial charge < -0.3 is 19.8 Å². The number of aromatic nitrogens is 3. The van der Waals surface area contributed by atoms with Crippen molar-refractivity contribution in [2.24, 2.45) is 0 Å². The summed E-state index contributed by atoms with van der Waals surface area (Å²) in [6.07, 6.45) is 2.65. The summed E-state index contributed by atoms with van der Waals surface area (Å²) in [5.41, 5.74) is 0.0601. The number of nitrogens with zero attached hydrogens (tertiary/aromatic N) is 2. The Balaban J connectivity index is 1.63. The minimum atomic E-state index is -0.702. The summed E-state index contributed by atoms with van der Waals surface area (Å²) >= 11 is 0. The maximum absolute atomic E-state index is 12.7. The molecule has 2 N–H and O–H groups in total. The first-order valence-corrected chi connectivity index (χ1v) is 8.46. The smallest absolute Gasteiger partial charge is 0.328 e. The average Bonchev–Trinajstić information content (AvgIpc) is 3.13. The molecule has 0 aliphatic carbocycles. The molecule has 0 atom stereocenters. The Morgan fingerprint density at radius 3 is 2.86 bits per heavy atom. The fraction of sp³-hybridized carbons (Fsp3) is 0.158. The maximum Gasteiger partial charge on any atom is 0.328 e. The minimum absolute atomic E-state index is 0.0192. The summed E-state index contributed by atoms with van der Waals surface area (Å²) in [5.74, 6) is 0.807. The molecule has 28 heavy (non-hydrogen) atoms. The second-order valence-corrected chi connectivity index (χ2v) is 6.26. The predicted octanol–water partition coefficient (Wildman–Crippen LogP) is 1.27. The fourth-order valence-corrected chi connectivity index (χ4v) is 2.83. The summed E-state index contributed by atoms with van der Waals surface area (Å²) in [5, 5.41) is 2.56. The van der Waals surface area contributed by atoms with Crippen molar-refractivity contribution in [3.8, 4) is 11.5 Å². The van der Waals surface area contributed by atoms with Gasteiger partial charge >= 0.3 is 5.69 Å². The molecule has 0 saturated heterocycles. The lowest BCUT2D eigenvalue weighted by molar-refractivity contribution is 0.102. The van der Waals surface area contributed by atoms with Crippen LogP contribution in [0.4, 0.5) is 5.82 Å². The van der Waals surface area contributed by atoms with E-state index in [4.69, 9.17) is 9.47 Å². The Bertz CT molecular complexity index is 1180. The Morgan fingerprint density at radius 1 is 1.21 bits per heavy atom. The van der Waals surface area contributed by atoms with Crippen molar-refractivity contribution in [3.05, 3.63) is 80.3 Å². The molecule has 9 nitrogen and oxygen atoms in total. The number of aromatic amines is 1. The number of nitrogens with one attached hydrogen (secondary N) is 2. The highest BCUT2D eigenvalue weighted by Crippen LogP contribution is 2.32. The third-order valence-electron chi connectivity index (χ3n) is 4.24. The van der Waals surface area contributed by atoms with Gasteiger partial charge in [-0.1, -0.05) is 6.07 Å². The van der Waals surface area contributed by atoms with E-state index in [1.807, 2.05) is 6.92 Å². The molecule has 3 aromatic rings. The standard InChI is InChI=1S/C19H16N4O5/c1-11-4-5-20-16(6-11)22-17(24)13-8-21-19(26)23(18(13)25)9-12-2-3-14-15(7-12)28-10-27-14/h2-8H,9-10H2,1H3,(H,21,26)(H,20,22,24). The van der Waals surface area contributed by atoms with Crippen LogP contribution in [0.2, 0.25) is 0 Å². The summed E-state index contributed by atoms with van der Waals surface area (Å²) < 4.78 is 11.5. The highest BCUT2D eigenvalue weighted by molar-refractivity contribution is 6.03. The van der Waals surface area contributed by atoms with Crippen LogP contribution in [0.15, 0.2) is 52.3 Å². The highest BCUT2D eigenvalue weighted by atomic mass is 16.7. The van der Waals surface area contributed by atoms with Gasteiger partial charge in [0.15, 0.2) is 11.5 Å². The minimum Gasteiger partial charge on any atom is -0.454 e. The molecule has 1 aromatic carbocycles. The van der Waals surface area contributed by atoms with Gasteiger partial charge in [0.25, 0.3) is 11.5 Å². The molecule has 0 fully saturated rings. The first-order valence-electron chi connectivity index (χ1n) is 8.46. The number of H-pyrrole nitrogens is 1. The third-order valence-corrected chi connectivity index (χ3v) is 4.24. The van der Waals surface area contributed by atoms with Crippen molar-refractivity contribution in [3.63, 3.8) is 0 Å². The topological polar surface area (TPSA) is 115 Å². The molecule has 142 valence electrons. The molecule has 0 spiro atoms. The van der Waals surface area contributed by atoms with Crippen molar-refractivity contribution in [2.45, 2.75) is 13.5 Å².